The highest BCUT2D eigenvalue weighted by atomic mass is 15.2. The van der Waals surface area contributed by atoms with E-state index in [-0.39, 0.29) is 0 Å². The lowest BCUT2D eigenvalue weighted by Gasteiger charge is -2.28. The quantitative estimate of drug-likeness (QED) is 0.126. The van der Waals surface area contributed by atoms with Crippen LogP contribution in [0.1, 0.15) is 218 Å². The topological polar surface area (TPSA) is 26.6 Å². The molecule has 4 aromatic carbocycles. The molecule has 6 aromatic rings. The van der Waals surface area contributed by atoms with Crippen LogP contribution in [0.4, 0.5) is 0 Å². The van der Waals surface area contributed by atoms with Crippen LogP contribution in [-0.4, -0.2) is 14.1 Å². The highest BCUT2D eigenvalue weighted by Gasteiger charge is 2.35. The van der Waals surface area contributed by atoms with Gasteiger partial charge in [0.2, 0.25) is 0 Å². The van der Waals surface area contributed by atoms with Crippen molar-refractivity contribution >= 4 is 11.1 Å². The lowest BCUT2D eigenvalue weighted by Crippen LogP contribution is -2.41. The summed E-state index contributed by atoms with van der Waals surface area (Å²) in [4.78, 5) is 4.97. The molecule has 1 atom stereocenters. The molecule has 0 aliphatic heterocycles. The van der Waals surface area contributed by atoms with Crippen LogP contribution >= 0.6 is 0 Å². The van der Waals surface area contributed by atoms with Crippen LogP contribution in [0.25, 0.3) is 45.3 Å². The maximum Gasteiger partial charge on any atom is 0.294 e. The van der Waals surface area contributed by atoms with Gasteiger partial charge in [0, 0.05) is 29.1 Å². The van der Waals surface area contributed by atoms with Gasteiger partial charge in [-0.1, -0.05) is 170 Å². The number of hydrogen-bond donors (Lipinski definition) is 0. The second-order valence-electron chi connectivity index (χ2n) is 23.5. The number of nitrogens with zero attached hydrogens (tertiary/aromatic N) is 4. The molecule has 0 amide bonds. The molecule has 2 heterocycles. The van der Waals surface area contributed by atoms with Crippen molar-refractivity contribution in [2.45, 2.75) is 188 Å². The van der Waals surface area contributed by atoms with E-state index >= 15 is 0 Å². The lowest BCUT2D eigenvalue weighted by atomic mass is 9.78. The van der Waals surface area contributed by atoms with Gasteiger partial charge in [0.05, 0.1) is 11.3 Å². The second-order valence-corrected chi connectivity index (χ2v) is 23.5. The third kappa shape index (κ3) is 8.98. The van der Waals surface area contributed by atoms with Crippen molar-refractivity contribution in [3.63, 3.8) is 0 Å². The van der Waals surface area contributed by atoms with E-state index in [1.807, 2.05) is 6.20 Å². The Kier molecular flexibility index (Phi) is 13.9. The molecule has 6 aliphatic carbocycles. The minimum atomic E-state index is 0.417. The second kappa shape index (κ2) is 20.6. The van der Waals surface area contributed by atoms with E-state index in [1.165, 1.54) is 168 Å². The number of imidazole rings is 2. The van der Waals surface area contributed by atoms with Gasteiger partial charge in [-0.05, 0) is 170 Å². The zero-order valence-corrected chi connectivity index (χ0v) is 45.0. The van der Waals surface area contributed by atoms with Crippen LogP contribution < -0.4 is 4.57 Å². The van der Waals surface area contributed by atoms with E-state index in [1.54, 1.807) is 22.3 Å². The molecule has 1 unspecified atom stereocenters. The molecule has 4 heteroatoms. The Morgan fingerprint density at radius 1 is 0.611 bits per heavy atom. The van der Waals surface area contributed by atoms with Gasteiger partial charge in [-0.3, -0.25) is 4.57 Å². The van der Waals surface area contributed by atoms with E-state index in [0.717, 1.165) is 18.7 Å². The molecular weight excluding hydrogens is 873 g/mol. The predicted octanol–water partition coefficient (Wildman–Crippen LogP) is 18.2. The summed E-state index contributed by atoms with van der Waals surface area (Å²) in [6, 6.07) is 26.3. The summed E-state index contributed by atoms with van der Waals surface area (Å²) < 4.78 is 7.56. The van der Waals surface area contributed by atoms with E-state index < -0.39 is 0 Å². The predicted molar refractivity (Wildman–Crippen MR) is 303 cm³/mol. The molecule has 0 saturated heterocycles. The van der Waals surface area contributed by atoms with Crippen LogP contribution in [0.3, 0.4) is 0 Å². The van der Waals surface area contributed by atoms with Gasteiger partial charge in [-0.2, -0.15) is 4.57 Å². The summed E-state index contributed by atoms with van der Waals surface area (Å²) in [7, 11) is 0. The number of allylic oxidation sites excluding steroid dienone is 8. The molecule has 2 aromatic heterocycles. The monoisotopic (exact) mass is 954 g/mol. The van der Waals surface area contributed by atoms with Gasteiger partial charge in [0.15, 0.2) is 0 Å². The maximum absolute atomic E-state index is 4.97. The van der Waals surface area contributed by atoms with E-state index in [4.69, 9.17) is 4.98 Å². The summed E-state index contributed by atoms with van der Waals surface area (Å²) in [6.45, 7) is 18.8. The molecule has 0 bridgehead atoms. The largest absolute Gasteiger partial charge is 0.299 e. The minimum Gasteiger partial charge on any atom is -0.299 e. The van der Waals surface area contributed by atoms with Crippen LogP contribution in [0, 0.1) is 12.8 Å². The zero-order valence-electron chi connectivity index (χ0n) is 45.0. The fourth-order valence-electron chi connectivity index (χ4n) is 13.8. The Balaban J connectivity index is 0.000000156. The number of benzene rings is 4. The van der Waals surface area contributed by atoms with Crippen molar-refractivity contribution in [1.29, 1.82) is 0 Å². The first kappa shape index (κ1) is 48.5. The first-order valence-corrected chi connectivity index (χ1v) is 28.5. The molecule has 0 radical (unpaired) electrons. The van der Waals surface area contributed by atoms with Crippen molar-refractivity contribution in [3.8, 4) is 34.2 Å². The van der Waals surface area contributed by atoms with Gasteiger partial charge in [-0.25, -0.2) is 9.55 Å². The Morgan fingerprint density at radius 3 is 1.92 bits per heavy atom. The number of fused-ring (bicyclic) bond motifs is 4. The normalized spacial score (nSPS) is 18.2. The molecule has 2 fully saturated rings. The Morgan fingerprint density at radius 2 is 1.26 bits per heavy atom. The highest BCUT2D eigenvalue weighted by Crippen LogP contribution is 2.49. The molecule has 372 valence electrons. The zero-order chi connectivity index (χ0) is 49.6. The first-order chi connectivity index (χ1) is 35.1. The molecule has 72 heavy (non-hydrogen) atoms. The molecule has 6 aliphatic rings. The average molecular weight is 954 g/mol. The molecular formula is C68H81N4+. The van der Waals surface area contributed by atoms with Gasteiger partial charge >= 0.3 is 0 Å². The fourth-order valence-corrected chi connectivity index (χ4v) is 13.8. The Bertz CT molecular complexity index is 3070. The SMILES string of the molecule is CC(C)c1cc2c(c(C(C)C)c1-n1ccnc1-c1ccc3c(c1)C1=C(CCC=C1)C3)C1=C(CCC=C1)C2.Cc1ccccc1-c1n(-c2c(C3CCCCC3)cccc2C2CCCCC2)cc[n+]1C(C)C(C)C. The number of aromatic nitrogens is 4. The summed E-state index contributed by atoms with van der Waals surface area (Å²) in [5, 5.41) is 0. The smallest absolute Gasteiger partial charge is 0.294 e. The average Bonchev–Trinajstić information content (AvgIpc) is 4.22. The van der Waals surface area contributed by atoms with Crippen LogP contribution in [-0.2, 0) is 12.8 Å². The van der Waals surface area contributed by atoms with Crippen LogP contribution in [0.5, 0.6) is 0 Å². The molecule has 2 saturated carbocycles. The molecule has 0 spiro atoms. The van der Waals surface area contributed by atoms with Gasteiger partial charge < -0.3 is 0 Å². The number of rotatable bonds is 10. The van der Waals surface area contributed by atoms with E-state index in [9.17, 15) is 0 Å². The summed E-state index contributed by atoms with van der Waals surface area (Å²) in [6.07, 6.45) is 39.0. The fraction of sp³-hybridized carbons (Fsp3) is 0.441. The van der Waals surface area contributed by atoms with Crippen molar-refractivity contribution in [3.05, 3.63) is 177 Å². The summed E-state index contributed by atoms with van der Waals surface area (Å²) in [5.74, 6) is 5.19. The van der Waals surface area contributed by atoms with Crippen LogP contribution in [0.15, 0.2) is 127 Å². The third-order valence-electron chi connectivity index (χ3n) is 17.9. The Labute approximate surface area is 432 Å². The highest BCUT2D eigenvalue weighted by molar-refractivity contribution is 5.89. The van der Waals surface area contributed by atoms with Crippen molar-refractivity contribution < 1.29 is 4.57 Å². The Hall–Kier alpha value is -5.74. The van der Waals surface area contributed by atoms with Crippen LogP contribution in [0.2, 0.25) is 0 Å². The van der Waals surface area contributed by atoms with Gasteiger partial charge in [0.1, 0.15) is 29.9 Å². The van der Waals surface area contributed by atoms with Gasteiger partial charge in [0.25, 0.3) is 5.82 Å². The van der Waals surface area contributed by atoms with E-state index in [0.29, 0.717) is 35.6 Å². The molecule has 0 N–H and O–H groups in total. The standard InChI is InChI=1S/C35H36N2.C33H45N2/c1-21(2)30-20-27-18-24-10-6-8-12-29(24)33(27)32(22(3)4)34(30)37-16-15-36-35(37)26-14-13-25-17-23-9-5-7-11-28(23)31(25)19-26;1-24(2)26(4)34-22-23-35(33(34)29-19-12-11-14-25(29)3)32-30(27-15-7-5-8-16-27)20-13-21-31(32)28-17-9-6-10-18-28/h7-8,11-16,19-22H,5-6,9-10,17-18H2,1-4H3;11-14,19-24,26-28H,5-10,15-18H2,1-4H3/q;+1. The number of para-hydroxylation sites is 1. The third-order valence-corrected chi connectivity index (χ3v) is 17.9. The summed E-state index contributed by atoms with van der Waals surface area (Å²) >= 11 is 0. The van der Waals surface area contributed by atoms with E-state index in [2.05, 4.69) is 179 Å². The maximum atomic E-state index is 4.97. The lowest BCUT2D eigenvalue weighted by molar-refractivity contribution is -0.714. The van der Waals surface area contributed by atoms with Crippen molar-refractivity contribution in [1.82, 2.24) is 14.1 Å². The first-order valence-electron chi connectivity index (χ1n) is 28.5. The number of hydrogen-bond acceptors (Lipinski definition) is 1. The molecule has 4 nitrogen and oxygen atoms in total. The molecule has 12 rings (SSSR count). The van der Waals surface area contributed by atoms with Crippen molar-refractivity contribution in [2.75, 3.05) is 0 Å². The van der Waals surface area contributed by atoms with Gasteiger partial charge in [-0.15, -0.1) is 0 Å². The van der Waals surface area contributed by atoms with Crippen molar-refractivity contribution in [2.24, 2.45) is 5.92 Å². The minimum absolute atomic E-state index is 0.417. The summed E-state index contributed by atoms with van der Waals surface area (Å²) in [5.41, 5.74) is 25.0. The number of aryl methyl sites for hydroxylation is 1.